The number of likely N-dealkylation sites (N-methyl/N-ethyl adjacent to an activating group) is 1. The summed E-state index contributed by atoms with van der Waals surface area (Å²) in [6.45, 7) is 5.25. The van der Waals surface area contributed by atoms with Crippen LogP contribution in [0.5, 0.6) is 5.75 Å². The van der Waals surface area contributed by atoms with Gasteiger partial charge in [-0.3, -0.25) is 9.69 Å². The first-order valence-electron chi connectivity index (χ1n) is 8.41. The Labute approximate surface area is 154 Å². The first-order valence-corrected chi connectivity index (χ1v) is 9.63. The van der Waals surface area contributed by atoms with Crippen molar-refractivity contribution in [2.45, 2.75) is 31.3 Å². The minimum absolute atomic E-state index is 0.00469. The highest BCUT2D eigenvalue weighted by atomic mass is 32.2. The molecule has 0 aromatic heterocycles. The Hall–Kier alpha value is -1.98. The number of ether oxygens (including phenoxy) is 1. The van der Waals surface area contributed by atoms with Gasteiger partial charge in [0.05, 0.1) is 18.3 Å². The molecular weight excluding hydrogens is 332 g/mol. The third-order valence-electron chi connectivity index (χ3n) is 4.07. The van der Waals surface area contributed by atoms with E-state index in [1.165, 1.54) is 0 Å². The predicted octanol–water partition coefficient (Wildman–Crippen LogP) is 4.27. The average Bonchev–Trinajstić information content (AvgIpc) is 2.63. The van der Waals surface area contributed by atoms with Gasteiger partial charge in [-0.05, 0) is 57.0 Å². The van der Waals surface area contributed by atoms with Gasteiger partial charge in [-0.2, -0.15) is 0 Å². The van der Waals surface area contributed by atoms with Crippen LogP contribution in [0.4, 0.5) is 5.69 Å². The minimum atomic E-state index is -0.235. The lowest BCUT2D eigenvalue weighted by molar-refractivity contribution is -0.120. The third-order valence-corrected chi connectivity index (χ3v) is 4.87. The van der Waals surface area contributed by atoms with Crippen LogP contribution in [-0.2, 0) is 11.3 Å². The molecule has 0 fully saturated rings. The Morgan fingerprint density at radius 2 is 1.88 bits per heavy atom. The lowest BCUT2D eigenvalue weighted by Gasteiger charge is -2.24. The number of para-hydroxylation sites is 1. The molecule has 0 aliphatic carbocycles. The van der Waals surface area contributed by atoms with Crippen molar-refractivity contribution in [3.05, 3.63) is 54.1 Å². The molecule has 0 unspecified atom stereocenters. The molecule has 0 aliphatic heterocycles. The van der Waals surface area contributed by atoms with Gasteiger partial charge in [0.15, 0.2) is 0 Å². The van der Waals surface area contributed by atoms with Crippen molar-refractivity contribution in [2.75, 3.05) is 25.2 Å². The molecule has 4 nitrogen and oxygen atoms in total. The zero-order valence-corrected chi connectivity index (χ0v) is 16.1. The molecule has 0 saturated heterocycles. The molecule has 0 bridgehead atoms. The fourth-order valence-electron chi connectivity index (χ4n) is 2.47. The van der Waals surface area contributed by atoms with Crippen molar-refractivity contribution in [3.63, 3.8) is 0 Å². The Morgan fingerprint density at radius 3 is 2.52 bits per heavy atom. The van der Waals surface area contributed by atoms with E-state index < -0.39 is 0 Å². The maximum atomic E-state index is 12.6. The van der Waals surface area contributed by atoms with Gasteiger partial charge in [0.1, 0.15) is 5.75 Å². The molecule has 1 amide bonds. The zero-order valence-electron chi connectivity index (χ0n) is 15.3. The fraction of sp³-hybridized carbons (Fsp3) is 0.350. The number of nitrogens with zero attached hydrogens (tertiary/aromatic N) is 1. The number of thioether (sulfide) groups is 1. The second kappa shape index (κ2) is 9.49. The minimum Gasteiger partial charge on any atom is -0.494 e. The Balaban J connectivity index is 1.96. The van der Waals surface area contributed by atoms with Crippen molar-refractivity contribution in [2.24, 2.45) is 0 Å². The van der Waals surface area contributed by atoms with E-state index in [4.69, 9.17) is 4.74 Å². The number of nitrogens with one attached hydrogen (secondary N) is 1. The summed E-state index contributed by atoms with van der Waals surface area (Å²) in [5.74, 6) is 0.864. The van der Waals surface area contributed by atoms with Crippen molar-refractivity contribution >= 4 is 23.4 Å². The average molecular weight is 359 g/mol. The summed E-state index contributed by atoms with van der Waals surface area (Å²) in [5.41, 5.74) is 2.01. The Morgan fingerprint density at radius 1 is 1.20 bits per heavy atom. The van der Waals surface area contributed by atoms with Crippen LogP contribution in [0.25, 0.3) is 0 Å². The second-order valence-corrected chi connectivity index (χ2v) is 6.71. The molecule has 0 aliphatic rings. The van der Waals surface area contributed by atoms with E-state index in [0.29, 0.717) is 13.2 Å². The van der Waals surface area contributed by atoms with Crippen LogP contribution in [0.15, 0.2) is 53.4 Å². The normalized spacial score (nSPS) is 12.0. The number of carbonyl (C=O) groups excluding carboxylic acids is 1. The number of anilines is 1. The maximum absolute atomic E-state index is 12.6. The smallest absolute Gasteiger partial charge is 0.241 e. The number of hydrogen-bond acceptors (Lipinski definition) is 4. The molecule has 0 heterocycles. The summed E-state index contributed by atoms with van der Waals surface area (Å²) in [6.07, 6.45) is 2.01. The standard InChI is InChI=1S/C20H26N2O2S/c1-5-24-17-12-10-16(11-13-17)14-22(3)15(2)20(23)21-18-8-6-7-9-19(18)25-4/h6-13,15H,5,14H2,1-4H3,(H,21,23)/t15-/m0/s1. The van der Waals surface area contributed by atoms with E-state index in [9.17, 15) is 4.79 Å². The summed E-state index contributed by atoms with van der Waals surface area (Å²) in [4.78, 5) is 15.7. The SMILES string of the molecule is CCOc1ccc(CN(C)[C@@H](C)C(=O)Nc2ccccc2SC)cc1. The Kier molecular flexibility index (Phi) is 7.34. The van der Waals surface area contributed by atoms with E-state index in [1.54, 1.807) is 11.8 Å². The molecular formula is C20H26N2O2S. The van der Waals surface area contributed by atoms with Gasteiger partial charge in [0, 0.05) is 11.4 Å². The lowest BCUT2D eigenvalue weighted by Crippen LogP contribution is -2.39. The van der Waals surface area contributed by atoms with Gasteiger partial charge >= 0.3 is 0 Å². The lowest BCUT2D eigenvalue weighted by atomic mass is 10.1. The Bertz CT molecular complexity index is 688. The van der Waals surface area contributed by atoms with Crippen LogP contribution in [0.3, 0.4) is 0 Å². The van der Waals surface area contributed by atoms with E-state index >= 15 is 0 Å². The summed E-state index contributed by atoms with van der Waals surface area (Å²) in [5, 5.41) is 3.03. The van der Waals surface area contributed by atoms with Gasteiger partial charge in [0.2, 0.25) is 5.91 Å². The molecule has 2 aromatic carbocycles. The van der Waals surface area contributed by atoms with E-state index in [0.717, 1.165) is 21.9 Å². The van der Waals surface area contributed by atoms with Crippen LogP contribution < -0.4 is 10.1 Å². The van der Waals surface area contributed by atoms with Crippen molar-refractivity contribution in [3.8, 4) is 5.75 Å². The van der Waals surface area contributed by atoms with Crippen molar-refractivity contribution < 1.29 is 9.53 Å². The highest BCUT2D eigenvalue weighted by molar-refractivity contribution is 7.98. The molecule has 2 aromatic rings. The third kappa shape index (κ3) is 5.51. The summed E-state index contributed by atoms with van der Waals surface area (Å²) in [6, 6.07) is 15.6. The summed E-state index contributed by atoms with van der Waals surface area (Å²) >= 11 is 1.63. The van der Waals surface area contributed by atoms with E-state index in [1.807, 2.05) is 80.6 Å². The topological polar surface area (TPSA) is 41.6 Å². The monoisotopic (exact) mass is 358 g/mol. The molecule has 25 heavy (non-hydrogen) atoms. The highest BCUT2D eigenvalue weighted by Gasteiger charge is 2.19. The second-order valence-electron chi connectivity index (χ2n) is 5.86. The van der Waals surface area contributed by atoms with Crippen LogP contribution in [-0.4, -0.2) is 36.8 Å². The number of amides is 1. The molecule has 0 radical (unpaired) electrons. The first-order chi connectivity index (χ1) is 12.0. The van der Waals surface area contributed by atoms with Gasteiger partial charge in [0.25, 0.3) is 0 Å². The van der Waals surface area contributed by atoms with Crippen LogP contribution in [0, 0.1) is 0 Å². The molecule has 0 spiro atoms. The van der Waals surface area contributed by atoms with Gasteiger partial charge in [-0.1, -0.05) is 24.3 Å². The molecule has 2 rings (SSSR count). The van der Waals surface area contributed by atoms with Crippen LogP contribution in [0.1, 0.15) is 19.4 Å². The molecule has 134 valence electrons. The number of hydrogen-bond donors (Lipinski definition) is 1. The van der Waals surface area contributed by atoms with Crippen molar-refractivity contribution in [1.29, 1.82) is 0 Å². The predicted molar refractivity (Wildman–Crippen MR) is 105 cm³/mol. The fourth-order valence-corrected chi connectivity index (χ4v) is 3.02. The largest absolute Gasteiger partial charge is 0.494 e. The maximum Gasteiger partial charge on any atom is 0.241 e. The molecule has 1 N–H and O–H groups in total. The summed E-state index contributed by atoms with van der Waals surface area (Å²) < 4.78 is 5.46. The van der Waals surface area contributed by atoms with Gasteiger partial charge in [-0.15, -0.1) is 11.8 Å². The number of benzene rings is 2. The molecule has 5 heteroatoms. The zero-order chi connectivity index (χ0) is 18.2. The van der Waals surface area contributed by atoms with Crippen LogP contribution in [0.2, 0.25) is 0 Å². The van der Waals surface area contributed by atoms with Gasteiger partial charge < -0.3 is 10.1 Å². The van der Waals surface area contributed by atoms with Gasteiger partial charge in [-0.25, -0.2) is 0 Å². The van der Waals surface area contributed by atoms with Crippen LogP contribution >= 0.6 is 11.8 Å². The van der Waals surface area contributed by atoms with Crippen molar-refractivity contribution in [1.82, 2.24) is 4.90 Å². The number of rotatable bonds is 8. The molecule has 1 atom stereocenters. The number of carbonyl (C=O) groups is 1. The quantitative estimate of drug-likeness (QED) is 0.716. The first kappa shape index (κ1) is 19.3. The molecule has 0 saturated carbocycles. The highest BCUT2D eigenvalue weighted by Crippen LogP contribution is 2.25. The van der Waals surface area contributed by atoms with E-state index in [-0.39, 0.29) is 11.9 Å². The van der Waals surface area contributed by atoms with E-state index in [2.05, 4.69) is 5.32 Å². The summed E-state index contributed by atoms with van der Waals surface area (Å²) in [7, 11) is 1.96.